The van der Waals surface area contributed by atoms with Crippen LogP contribution in [0, 0.1) is 0 Å². The first-order valence-electron chi connectivity index (χ1n) is 6.11. The number of piperidine rings is 1. The number of rotatable bonds is 5. The number of nitrogens with zero attached hydrogens (tertiary/aromatic N) is 1. The Labute approximate surface area is 94.2 Å². The minimum absolute atomic E-state index is 0.450. The number of ether oxygens (including phenoxy) is 1. The predicted octanol–water partition coefficient (Wildman–Crippen LogP) is 1.48. The first-order chi connectivity index (χ1) is 7.17. The van der Waals surface area contributed by atoms with Gasteiger partial charge in [-0.2, -0.15) is 0 Å². The predicted molar refractivity (Wildman–Crippen MR) is 64.2 cm³/mol. The quantitative estimate of drug-likeness (QED) is 0.750. The SMILES string of the molecule is CNC(C)CC(C)N1CCCC(OC)C1. The maximum absolute atomic E-state index is 5.45. The minimum Gasteiger partial charge on any atom is -0.380 e. The topological polar surface area (TPSA) is 24.5 Å². The Kier molecular flexibility index (Phi) is 5.58. The first kappa shape index (κ1) is 12.9. The van der Waals surface area contributed by atoms with E-state index in [2.05, 4.69) is 24.1 Å². The van der Waals surface area contributed by atoms with E-state index in [4.69, 9.17) is 4.74 Å². The molecule has 0 amide bonds. The fourth-order valence-corrected chi connectivity index (χ4v) is 2.34. The van der Waals surface area contributed by atoms with Crippen LogP contribution < -0.4 is 5.32 Å². The Morgan fingerprint density at radius 2 is 2.20 bits per heavy atom. The Morgan fingerprint density at radius 1 is 1.47 bits per heavy atom. The lowest BCUT2D eigenvalue weighted by Gasteiger charge is -2.37. The van der Waals surface area contributed by atoms with Crippen molar-refractivity contribution in [2.45, 2.75) is 51.3 Å². The van der Waals surface area contributed by atoms with Gasteiger partial charge in [-0.1, -0.05) is 0 Å². The zero-order chi connectivity index (χ0) is 11.3. The molecule has 1 rings (SSSR count). The van der Waals surface area contributed by atoms with Gasteiger partial charge in [-0.05, 0) is 46.7 Å². The van der Waals surface area contributed by atoms with Crippen molar-refractivity contribution in [1.82, 2.24) is 10.2 Å². The summed E-state index contributed by atoms with van der Waals surface area (Å²) < 4.78 is 5.45. The van der Waals surface area contributed by atoms with Gasteiger partial charge in [-0.3, -0.25) is 4.90 Å². The zero-order valence-electron chi connectivity index (χ0n) is 10.6. The van der Waals surface area contributed by atoms with Gasteiger partial charge in [0.1, 0.15) is 0 Å². The molecule has 1 aliphatic rings. The third kappa shape index (κ3) is 4.09. The molecule has 15 heavy (non-hydrogen) atoms. The van der Waals surface area contributed by atoms with E-state index >= 15 is 0 Å². The molecule has 3 atom stereocenters. The van der Waals surface area contributed by atoms with Crippen molar-refractivity contribution in [1.29, 1.82) is 0 Å². The Hall–Kier alpha value is -0.120. The van der Waals surface area contributed by atoms with Gasteiger partial charge in [-0.25, -0.2) is 0 Å². The summed E-state index contributed by atoms with van der Waals surface area (Å²) in [5, 5.41) is 3.30. The molecule has 0 aromatic carbocycles. The molecule has 1 N–H and O–H groups in total. The molecule has 1 saturated heterocycles. The fourth-order valence-electron chi connectivity index (χ4n) is 2.34. The van der Waals surface area contributed by atoms with Gasteiger partial charge in [-0.15, -0.1) is 0 Å². The maximum atomic E-state index is 5.45. The zero-order valence-corrected chi connectivity index (χ0v) is 10.6. The van der Waals surface area contributed by atoms with Crippen molar-refractivity contribution in [3.05, 3.63) is 0 Å². The lowest BCUT2D eigenvalue weighted by Crippen LogP contribution is -2.45. The maximum Gasteiger partial charge on any atom is 0.0698 e. The molecule has 0 saturated carbocycles. The third-order valence-electron chi connectivity index (χ3n) is 3.55. The highest BCUT2D eigenvalue weighted by atomic mass is 16.5. The third-order valence-corrected chi connectivity index (χ3v) is 3.55. The summed E-state index contributed by atoms with van der Waals surface area (Å²) >= 11 is 0. The molecule has 1 aliphatic heterocycles. The molecule has 3 unspecified atom stereocenters. The van der Waals surface area contributed by atoms with Gasteiger partial charge < -0.3 is 10.1 Å². The van der Waals surface area contributed by atoms with Gasteiger partial charge in [0, 0.05) is 25.7 Å². The van der Waals surface area contributed by atoms with Crippen molar-refractivity contribution >= 4 is 0 Å². The molecular weight excluding hydrogens is 188 g/mol. The second-order valence-electron chi connectivity index (χ2n) is 4.77. The molecule has 3 nitrogen and oxygen atoms in total. The average Bonchev–Trinajstić information content (AvgIpc) is 2.28. The van der Waals surface area contributed by atoms with E-state index in [-0.39, 0.29) is 0 Å². The number of methoxy groups -OCH3 is 1. The van der Waals surface area contributed by atoms with Crippen molar-refractivity contribution in [2.75, 3.05) is 27.2 Å². The smallest absolute Gasteiger partial charge is 0.0698 e. The monoisotopic (exact) mass is 214 g/mol. The summed E-state index contributed by atoms with van der Waals surface area (Å²) in [5.41, 5.74) is 0. The average molecular weight is 214 g/mol. The lowest BCUT2D eigenvalue weighted by atomic mass is 10.0. The number of hydrogen-bond donors (Lipinski definition) is 1. The van der Waals surface area contributed by atoms with Gasteiger partial charge in [0.15, 0.2) is 0 Å². The largest absolute Gasteiger partial charge is 0.380 e. The fraction of sp³-hybridized carbons (Fsp3) is 1.00. The molecule has 0 aromatic rings. The van der Waals surface area contributed by atoms with Crippen molar-refractivity contribution in [3.63, 3.8) is 0 Å². The van der Waals surface area contributed by atoms with Crippen molar-refractivity contribution in [3.8, 4) is 0 Å². The summed E-state index contributed by atoms with van der Waals surface area (Å²) in [4.78, 5) is 2.56. The Balaban J connectivity index is 2.34. The highest BCUT2D eigenvalue weighted by molar-refractivity contribution is 4.79. The van der Waals surface area contributed by atoms with Crippen LogP contribution in [0.5, 0.6) is 0 Å². The van der Waals surface area contributed by atoms with Gasteiger partial charge in [0.05, 0.1) is 6.10 Å². The number of nitrogens with one attached hydrogen (secondary N) is 1. The van der Waals surface area contributed by atoms with Gasteiger partial charge >= 0.3 is 0 Å². The van der Waals surface area contributed by atoms with Crippen molar-refractivity contribution in [2.24, 2.45) is 0 Å². The lowest BCUT2D eigenvalue weighted by molar-refractivity contribution is 0.0149. The molecule has 0 radical (unpaired) electrons. The van der Waals surface area contributed by atoms with Crippen LogP contribution in [-0.2, 0) is 4.74 Å². The van der Waals surface area contributed by atoms with Crippen LogP contribution in [0.25, 0.3) is 0 Å². The molecule has 3 heteroatoms. The van der Waals surface area contributed by atoms with Crippen LogP contribution in [0.2, 0.25) is 0 Å². The second-order valence-corrected chi connectivity index (χ2v) is 4.77. The van der Waals surface area contributed by atoms with Crippen LogP contribution in [-0.4, -0.2) is 50.3 Å². The van der Waals surface area contributed by atoms with Crippen LogP contribution in [0.3, 0.4) is 0 Å². The molecule has 90 valence electrons. The van der Waals surface area contributed by atoms with Crippen LogP contribution in [0.15, 0.2) is 0 Å². The Bertz CT molecular complexity index is 175. The van der Waals surface area contributed by atoms with E-state index in [0.717, 1.165) is 6.54 Å². The summed E-state index contributed by atoms with van der Waals surface area (Å²) in [6.07, 6.45) is 4.16. The first-order valence-corrected chi connectivity index (χ1v) is 6.11. The molecule has 1 fully saturated rings. The molecular formula is C12H26N2O. The van der Waals surface area contributed by atoms with E-state index in [1.54, 1.807) is 0 Å². The molecule has 1 heterocycles. The molecule has 0 aliphatic carbocycles. The molecule has 0 bridgehead atoms. The van der Waals surface area contributed by atoms with Crippen LogP contribution in [0.1, 0.15) is 33.1 Å². The van der Waals surface area contributed by atoms with Crippen LogP contribution in [0.4, 0.5) is 0 Å². The normalized spacial score (nSPS) is 27.6. The Morgan fingerprint density at radius 3 is 2.80 bits per heavy atom. The van der Waals surface area contributed by atoms with E-state index < -0.39 is 0 Å². The molecule has 0 aromatic heterocycles. The highest BCUT2D eigenvalue weighted by Gasteiger charge is 2.23. The summed E-state index contributed by atoms with van der Waals surface area (Å²) in [7, 11) is 3.86. The van der Waals surface area contributed by atoms with Gasteiger partial charge in [0.2, 0.25) is 0 Å². The number of hydrogen-bond acceptors (Lipinski definition) is 3. The second kappa shape index (κ2) is 6.46. The summed E-state index contributed by atoms with van der Waals surface area (Å²) in [6, 6.07) is 1.26. The van der Waals surface area contributed by atoms with Crippen LogP contribution >= 0.6 is 0 Å². The highest BCUT2D eigenvalue weighted by Crippen LogP contribution is 2.17. The summed E-state index contributed by atoms with van der Waals surface area (Å²) in [5.74, 6) is 0. The van der Waals surface area contributed by atoms with E-state index in [1.165, 1.54) is 25.8 Å². The van der Waals surface area contributed by atoms with E-state index in [0.29, 0.717) is 18.2 Å². The van der Waals surface area contributed by atoms with E-state index in [9.17, 15) is 0 Å². The van der Waals surface area contributed by atoms with Gasteiger partial charge in [0.25, 0.3) is 0 Å². The standard InChI is InChI=1S/C12H26N2O/c1-10(13-3)8-11(2)14-7-5-6-12(9-14)15-4/h10-13H,5-9H2,1-4H3. The minimum atomic E-state index is 0.450. The van der Waals surface area contributed by atoms with Crippen molar-refractivity contribution < 1.29 is 4.74 Å². The van der Waals surface area contributed by atoms with E-state index in [1.807, 2.05) is 14.2 Å². The number of likely N-dealkylation sites (tertiary alicyclic amines) is 1. The summed E-state index contributed by atoms with van der Waals surface area (Å²) in [6.45, 7) is 6.91. The molecule has 0 spiro atoms.